The molecule has 1 atom stereocenters. The zero-order chi connectivity index (χ0) is 18.3. The monoisotopic (exact) mass is 355 g/mol. The SMILES string of the molecule is CN(C)NC(=O)[C@@H](NC(=O)c1ccccc1)C12CC3CC(CC(C3)C1)C2. The highest BCUT2D eigenvalue weighted by atomic mass is 16.2. The molecule has 26 heavy (non-hydrogen) atoms. The predicted octanol–water partition coefficient (Wildman–Crippen LogP) is 2.59. The lowest BCUT2D eigenvalue weighted by molar-refractivity contribution is -0.138. The van der Waals surface area contributed by atoms with Crippen LogP contribution in [0.4, 0.5) is 0 Å². The van der Waals surface area contributed by atoms with Crippen LogP contribution in [0.3, 0.4) is 0 Å². The van der Waals surface area contributed by atoms with E-state index in [1.165, 1.54) is 19.3 Å². The Balaban J connectivity index is 1.61. The molecule has 4 fully saturated rings. The molecule has 0 aliphatic heterocycles. The molecule has 0 heterocycles. The van der Waals surface area contributed by atoms with Crippen LogP contribution in [-0.4, -0.2) is 37.0 Å². The van der Waals surface area contributed by atoms with E-state index in [2.05, 4.69) is 10.7 Å². The van der Waals surface area contributed by atoms with Crippen LogP contribution in [0.15, 0.2) is 30.3 Å². The third kappa shape index (κ3) is 3.25. The fourth-order valence-electron chi connectivity index (χ4n) is 6.12. The summed E-state index contributed by atoms with van der Waals surface area (Å²) in [7, 11) is 3.63. The van der Waals surface area contributed by atoms with Gasteiger partial charge in [-0.1, -0.05) is 18.2 Å². The third-order valence-electron chi connectivity index (χ3n) is 6.61. The summed E-state index contributed by atoms with van der Waals surface area (Å²) in [5, 5.41) is 4.79. The molecule has 0 aromatic heterocycles. The van der Waals surface area contributed by atoms with Crippen molar-refractivity contribution in [2.45, 2.75) is 44.6 Å². The van der Waals surface area contributed by atoms with Crippen LogP contribution in [0.2, 0.25) is 0 Å². The van der Waals surface area contributed by atoms with Crippen molar-refractivity contribution < 1.29 is 9.59 Å². The number of carbonyl (C=O) groups excluding carboxylic acids is 2. The van der Waals surface area contributed by atoms with E-state index in [9.17, 15) is 9.59 Å². The molecular formula is C21H29N3O2. The number of rotatable bonds is 5. The van der Waals surface area contributed by atoms with Crippen LogP contribution in [0.1, 0.15) is 48.9 Å². The van der Waals surface area contributed by atoms with Crippen molar-refractivity contribution in [1.82, 2.24) is 15.8 Å². The van der Waals surface area contributed by atoms with Gasteiger partial charge in [-0.25, -0.2) is 5.01 Å². The Morgan fingerprint density at radius 2 is 1.54 bits per heavy atom. The minimum Gasteiger partial charge on any atom is -0.340 e. The van der Waals surface area contributed by atoms with Crippen molar-refractivity contribution in [2.75, 3.05) is 14.1 Å². The van der Waals surface area contributed by atoms with Gasteiger partial charge < -0.3 is 5.32 Å². The summed E-state index contributed by atoms with van der Waals surface area (Å²) in [5.74, 6) is 1.94. The second-order valence-corrected chi connectivity index (χ2v) is 8.92. The number of benzene rings is 1. The lowest BCUT2D eigenvalue weighted by Crippen LogP contribution is -2.63. The number of amides is 2. The van der Waals surface area contributed by atoms with Crippen LogP contribution in [0, 0.1) is 23.2 Å². The first-order valence-corrected chi connectivity index (χ1v) is 9.79. The highest BCUT2D eigenvalue weighted by Gasteiger charge is 2.56. The van der Waals surface area contributed by atoms with Gasteiger partial charge in [0.1, 0.15) is 6.04 Å². The molecule has 0 radical (unpaired) electrons. The van der Waals surface area contributed by atoms with Crippen molar-refractivity contribution in [3.05, 3.63) is 35.9 Å². The van der Waals surface area contributed by atoms with Crippen LogP contribution in [0.25, 0.3) is 0 Å². The molecule has 4 aliphatic carbocycles. The molecule has 1 aromatic rings. The largest absolute Gasteiger partial charge is 0.340 e. The molecule has 140 valence electrons. The maximum absolute atomic E-state index is 13.1. The fraction of sp³-hybridized carbons (Fsp3) is 0.619. The van der Waals surface area contributed by atoms with Gasteiger partial charge in [0.05, 0.1) is 0 Å². The van der Waals surface area contributed by atoms with Gasteiger partial charge in [0, 0.05) is 25.1 Å². The van der Waals surface area contributed by atoms with Crippen LogP contribution in [0.5, 0.6) is 0 Å². The standard InChI is InChI=1S/C21H29N3O2/c1-24(2)23-20(26)18(22-19(25)17-6-4-3-5-7-17)21-11-14-8-15(12-21)10-16(9-14)13-21/h3-7,14-16,18H,8-13H2,1-2H3,(H,22,25)(H,23,26)/t14?,15?,16?,18-,21?/m1/s1. The molecule has 0 unspecified atom stereocenters. The van der Waals surface area contributed by atoms with Gasteiger partial charge in [-0.2, -0.15) is 0 Å². The lowest BCUT2D eigenvalue weighted by Gasteiger charge is -2.59. The maximum atomic E-state index is 13.1. The van der Waals surface area contributed by atoms with Crippen LogP contribution >= 0.6 is 0 Å². The number of carbonyl (C=O) groups is 2. The first kappa shape index (κ1) is 17.5. The number of hydrogen-bond donors (Lipinski definition) is 2. The summed E-state index contributed by atoms with van der Waals surface area (Å²) in [6, 6.07) is 8.74. The first-order chi connectivity index (χ1) is 12.4. The van der Waals surface area contributed by atoms with Crippen molar-refractivity contribution in [3.8, 4) is 0 Å². The molecule has 2 amide bonds. The van der Waals surface area contributed by atoms with Gasteiger partial charge in [0.15, 0.2) is 0 Å². The predicted molar refractivity (Wildman–Crippen MR) is 100 cm³/mol. The molecule has 2 N–H and O–H groups in total. The Kier molecular flexibility index (Phi) is 4.51. The van der Waals surface area contributed by atoms with Gasteiger partial charge in [0.25, 0.3) is 11.8 Å². The number of nitrogens with one attached hydrogen (secondary N) is 2. The Morgan fingerprint density at radius 3 is 2.04 bits per heavy atom. The van der Waals surface area contributed by atoms with E-state index in [1.54, 1.807) is 17.1 Å². The smallest absolute Gasteiger partial charge is 0.257 e. The van der Waals surface area contributed by atoms with Crippen molar-refractivity contribution in [3.63, 3.8) is 0 Å². The van der Waals surface area contributed by atoms with Gasteiger partial charge in [-0.3, -0.25) is 15.0 Å². The molecule has 4 bridgehead atoms. The Bertz CT molecular complexity index is 650. The summed E-state index contributed by atoms with van der Waals surface area (Å²) in [5.41, 5.74) is 3.43. The molecule has 5 rings (SSSR count). The van der Waals surface area contributed by atoms with E-state index in [0.717, 1.165) is 37.0 Å². The molecule has 5 nitrogen and oxygen atoms in total. The maximum Gasteiger partial charge on any atom is 0.257 e. The van der Waals surface area contributed by atoms with Crippen molar-refractivity contribution >= 4 is 11.8 Å². The number of nitrogens with zero attached hydrogens (tertiary/aromatic N) is 1. The van der Waals surface area contributed by atoms with Crippen LogP contribution in [-0.2, 0) is 4.79 Å². The highest BCUT2D eigenvalue weighted by Crippen LogP contribution is 2.61. The van der Waals surface area contributed by atoms with Gasteiger partial charge in [0.2, 0.25) is 0 Å². The average molecular weight is 355 g/mol. The number of hydrogen-bond acceptors (Lipinski definition) is 3. The molecule has 1 aromatic carbocycles. The molecule has 0 spiro atoms. The summed E-state index contributed by atoms with van der Waals surface area (Å²) in [6.45, 7) is 0. The van der Waals surface area contributed by atoms with Crippen LogP contribution < -0.4 is 10.7 Å². The minimum atomic E-state index is -0.467. The normalized spacial score (nSPS) is 33.1. The minimum absolute atomic E-state index is 0.0822. The van der Waals surface area contributed by atoms with E-state index in [-0.39, 0.29) is 17.2 Å². The second-order valence-electron chi connectivity index (χ2n) is 8.92. The first-order valence-electron chi connectivity index (χ1n) is 9.79. The van der Waals surface area contributed by atoms with E-state index in [1.807, 2.05) is 32.3 Å². The Labute approximate surface area is 155 Å². The summed E-state index contributed by atoms with van der Waals surface area (Å²) in [4.78, 5) is 25.9. The van der Waals surface area contributed by atoms with E-state index >= 15 is 0 Å². The highest BCUT2D eigenvalue weighted by molar-refractivity contribution is 5.97. The summed E-state index contributed by atoms with van der Waals surface area (Å²) < 4.78 is 0. The van der Waals surface area contributed by atoms with E-state index in [0.29, 0.717) is 5.56 Å². The van der Waals surface area contributed by atoms with Crippen molar-refractivity contribution in [2.24, 2.45) is 23.2 Å². The fourth-order valence-corrected chi connectivity index (χ4v) is 6.12. The summed E-state index contributed by atoms with van der Waals surface area (Å²) >= 11 is 0. The lowest BCUT2D eigenvalue weighted by atomic mass is 9.47. The van der Waals surface area contributed by atoms with Crippen molar-refractivity contribution in [1.29, 1.82) is 0 Å². The average Bonchev–Trinajstić information content (AvgIpc) is 2.58. The summed E-state index contributed by atoms with van der Waals surface area (Å²) in [6.07, 6.45) is 7.15. The molecule has 5 heteroatoms. The second kappa shape index (κ2) is 6.69. The van der Waals surface area contributed by atoms with E-state index < -0.39 is 6.04 Å². The topological polar surface area (TPSA) is 61.4 Å². The van der Waals surface area contributed by atoms with Gasteiger partial charge >= 0.3 is 0 Å². The molecule has 4 saturated carbocycles. The zero-order valence-corrected chi connectivity index (χ0v) is 15.7. The third-order valence-corrected chi connectivity index (χ3v) is 6.61. The van der Waals surface area contributed by atoms with E-state index in [4.69, 9.17) is 0 Å². The molecule has 0 saturated heterocycles. The Morgan fingerprint density at radius 1 is 1.00 bits per heavy atom. The molecule has 4 aliphatic rings. The quantitative estimate of drug-likeness (QED) is 0.798. The Hall–Kier alpha value is -1.88. The van der Waals surface area contributed by atoms with Gasteiger partial charge in [-0.05, 0) is 68.4 Å². The molecular weight excluding hydrogens is 326 g/mol. The number of hydrazine groups is 1. The zero-order valence-electron chi connectivity index (χ0n) is 15.7. The van der Waals surface area contributed by atoms with Gasteiger partial charge in [-0.15, -0.1) is 0 Å².